The normalized spacial score (nSPS) is 47.9. The fourth-order valence-corrected chi connectivity index (χ4v) is 17.8. The first-order valence-corrected chi connectivity index (χ1v) is 32.3. The van der Waals surface area contributed by atoms with Gasteiger partial charge in [-0.05, 0) is 135 Å². The Hall–Kier alpha value is -4.63. The van der Waals surface area contributed by atoms with Crippen LogP contribution in [0.3, 0.4) is 0 Å². The van der Waals surface area contributed by atoms with Crippen molar-refractivity contribution < 1.29 is 132 Å². The fourth-order valence-electron chi connectivity index (χ4n) is 17.8. The zero-order valence-corrected chi connectivity index (χ0v) is 54.1. The second-order valence-corrected chi connectivity index (χ2v) is 29.1. The lowest BCUT2D eigenvalue weighted by molar-refractivity contribution is -0.373. The van der Waals surface area contributed by atoms with E-state index in [0.717, 1.165) is 24.9 Å². The van der Waals surface area contributed by atoms with Crippen molar-refractivity contribution in [3.8, 4) is 5.75 Å². The molecule has 9 aliphatic rings. The number of carbonyl (C=O) groups is 5. The van der Waals surface area contributed by atoms with Gasteiger partial charge in [-0.25, -0.2) is 9.59 Å². The van der Waals surface area contributed by atoms with Crippen LogP contribution in [0.15, 0.2) is 42.0 Å². The first-order valence-electron chi connectivity index (χ1n) is 32.3. The Morgan fingerprint density at radius 3 is 1.91 bits per heavy atom. The van der Waals surface area contributed by atoms with Crippen molar-refractivity contribution in [3.05, 3.63) is 47.6 Å². The number of aliphatic carboxylic acids is 1. The third-order valence-electron chi connectivity index (χ3n) is 23.3. The predicted octanol–water partition coefficient (Wildman–Crippen LogP) is 1.11. The summed E-state index contributed by atoms with van der Waals surface area (Å²) in [6, 6.07) is 6.81. The van der Waals surface area contributed by atoms with Crippen LogP contribution in [0.5, 0.6) is 5.75 Å². The summed E-state index contributed by atoms with van der Waals surface area (Å²) in [6.07, 6.45) is -28.3. The molecule has 0 spiro atoms. The van der Waals surface area contributed by atoms with E-state index in [9.17, 15) is 75.3 Å². The molecule has 4 saturated heterocycles. The average molecular weight is 1320 g/mol. The number of aldehydes is 1. The first kappa shape index (κ1) is 71.2. The number of fused-ring (bicyclic) bond motifs is 7. The van der Waals surface area contributed by atoms with Gasteiger partial charge in [-0.1, -0.05) is 65.3 Å². The Morgan fingerprint density at radius 1 is 0.634 bits per heavy atom. The summed E-state index contributed by atoms with van der Waals surface area (Å²) < 4.78 is 66.2. The number of hydrogen-bond acceptors (Lipinski definition) is 26. The maximum Gasteiger partial charge on any atom is 0.335 e. The van der Waals surface area contributed by atoms with Crippen LogP contribution in [0.1, 0.15) is 126 Å². The topological polar surface area (TPSA) is 409 Å². The second kappa shape index (κ2) is 26.7. The molecular formula is C66H94O27. The molecule has 1 aromatic carbocycles. The number of methoxy groups -OCH3 is 1. The van der Waals surface area contributed by atoms with Gasteiger partial charge in [0.05, 0.1) is 43.5 Å². The highest BCUT2D eigenvalue weighted by molar-refractivity contribution is 5.87. The van der Waals surface area contributed by atoms with Gasteiger partial charge in [0, 0.05) is 13.0 Å². The predicted molar refractivity (Wildman–Crippen MR) is 318 cm³/mol. The summed E-state index contributed by atoms with van der Waals surface area (Å²) in [7, 11) is 1.52. The van der Waals surface area contributed by atoms with Gasteiger partial charge >= 0.3 is 23.9 Å². The molecule has 30 atom stereocenters. The van der Waals surface area contributed by atoms with Crippen LogP contribution >= 0.6 is 0 Å². The highest BCUT2D eigenvalue weighted by atomic mass is 16.8. The lowest BCUT2D eigenvalue weighted by Crippen LogP contribution is -2.69. The largest absolute Gasteiger partial charge is 0.497 e. The lowest BCUT2D eigenvalue weighted by Gasteiger charge is -2.71. The molecule has 4 heterocycles. The van der Waals surface area contributed by atoms with Gasteiger partial charge in [-0.2, -0.15) is 0 Å². The second-order valence-electron chi connectivity index (χ2n) is 29.1. The van der Waals surface area contributed by atoms with Gasteiger partial charge < -0.3 is 113 Å². The number of aliphatic hydroxyl groups is 10. The molecule has 27 heteroatoms. The van der Waals surface area contributed by atoms with E-state index in [2.05, 4.69) is 40.7 Å². The van der Waals surface area contributed by atoms with Crippen LogP contribution in [0.2, 0.25) is 0 Å². The Labute approximate surface area is 539 Å². The van der Waals surface area contributed by atoms with Crippen molar-refractivity contribution >= 4 is 36.2 Å². The Balaban J connectivity index is 0.940. The van der Waals surface area contributed by atoms with E-state index in [4.69, 9.17) is 52.1 Å². The van der Waals surface area contributed by atoms with Crippen molar-refractivity contribution in [1.82, 2.24) is 0 Å². The van der Waals surface area contributed by atoms with Crippen molar-refractivity contribution in [2.45, 2.75) is 255 Å². The molecule has 93 heavy (non-hydrogen) atoms. The minimum absolute atomic E-state index is 0.0866. The van der Waals surface area contributed by atoms with Crippen molar-refractivity contribution in [3.63, 3.8) is 0 Å². The summed E-state index contributed by atoms with van der Waals surface area (Å²) in [5.41, 5.74) is -3.76. The van der Waals surface area contributed by atoms with Gasteiger partial charge in [0.2, 0.25) is 6.29 Å². The smallest absolute Gasteiger partial charge is 0.335 e. The number of aliphatic hydroxyl groups excluding tert-OH is 10. The molecule has 1 aromatic rings. The molecular weight excluding hydrogens is 1220 g/mol. The quantitative estimate of drug-likeness (QED) is 0.0276. The molecule has 8 fully saturated rings. The fraction of sp³-hybridized carbons (Fsp3) is 0.773. The maximum atomic E-state index is 15.9. The van der Waals surface area contributed by atoms with E-state index in [1.165, 1.54) is 27.0 Å². The van der Waals surface area contributed by atoms with Crippen LogP contribution in [-0.2, 0) is 71.3 Å². The van der Waals surface area contributed by atoms with Crippen molar-refractivity contribution in [2.75, 3.05) is 13.7 Å². The van der Waals surface area contributed by atoms with Crippen LogP contribution < -0.4 is 4.74 Å². The summed E-state index contributed by atoms with van der Waals surface area (Å²) >= 11 is 0. The van der Waals surface area contributed by atoms with Crippen LogP contribution in [-0.4, -0.2) is 235 Å². The standard InChI is InChI=1S/C66H94O27/c1-29-42(72)44(74)48(78)56(84-29)92-54-53(86-31(3)69)50(89-41(71)18-13-32-11-14-33(83-10)15-12-32)30(2)85-59(54)93-60(82)66-24-23-61(4,5)25-35(66)34-16-17-38-62(6)21-20-40(63(7,28-68)37(62)19-22-64(38,8)65(34,9)26-39(66)70)88-58-52(47(77)46(76)51(90-58)55(80)81)91-57-49(79)45(75)43(73)36(27-67)87-57/h11-16,18,28-30,35-40,42-54,56-59,67,70,72-79H,17,19-27H2,1-10H3,(H,80,81)/t29-,30-,35?,36+,37+,38+,39+,40-,42-,43-,44+,45-,46-,47-,48+,49+,50+,51-,52+,53+,54-,56-,57-,58+,59+,62-,63-,64+,65+,66+/m0/s1. The summed E-state index contributed by atoms with van der Waals surface area (Å²) in [6.45, 7) is 15.7. The molecule has 0 aromatic heterocycles. The minimum Gasteiger partial charge on any atom is -0.497 e. The Bertz CT molecular complexity index is 2960. The van der Waals surface area contributed by atoms with E-state index in [1.54, 1.807) is 31.2 Å². The number of esters is 3. The van der Waals surface area contributed by atoms with Gasteiger partial charge in [0.1, 0.15) is 78.5 Å². The molecule has 0 bridgehead atoms. The average Bonchev–Trinajstić information content (AvgIpc) is 0.672. The van der Waals surface area contributed by atoms with Crippen LogP contribution in [0, 0.1) is 50.2 Å². The third-order valence-corrected chi connectivity index (χ3v) is 23.3. The number of allylic oxidation sites excluding steroid dienone is 2. The molecule has 11 N–H and O–H groups in total. The molecule has 4 saturated carbocycles. The van der Waals surface area contributed by atoms with E-state index in [1.807, 2.05) is 0 Å². The zero-order chi connectivity index (χ0) is 68.0. The van der Waals surface area contributed by atoms with E-state index in [-0.39, 0.29) is 30.6 Å². The molecule has 10 rings (SSSR count). The summed E-state index contributed by atoms with van der Waals surface area (Å²) in [5, 5.41) is 121. The van der Waals surface area contributed by atoms with Crippen LogP contribution in [0.25, 0.3) is 6.08 Å². The highest BCUT2D eigenvalue weighted by Gasteiger charge is 2.73. The lowest BCUT2D eigenvalue weighted by atomic mass is 9.33. The first-order chi connectivity index (χ1) is 43.6. The molecule has 0 radical (unpaired) electrons. The Morgan fingerprint density at radius 2 is 1.28 bits per heavy atom. The number of rotatable bonds is 16. The molecule has 1 unspecified atom stereocenters. The van der Waals surface area contributed by atoms with E-state index >= 15 is 4.79 Å². The van der Waals surface area contributed by atoms with E-state index < -0.39 is 204 Å². The molecule has 27 nitrogen and oxygen atoms in total. The SMILES string of the molecule is COc1ccc(C=CC(=O)O[C@H]2[C@@H](OC(C)=O)[C@H](O[C@@H]3O[C@@H](C)[C@H](O)[C@@H](O)[C@H]3O)[C@@H](OC(=O)[C@]34CCC(C)(C)CC3C3=CC[C@@H]5[C@@]6(C)CC[C@H](O[C@@H]7O[C@H](C(=O)O)[C@@H](O)[C@H](O)[C@H]7O[C@@H]7O[C@H](CO)[C@H](O)[C@H](O)[C@H]7O)[C@@](C)(C=O)[C@@H]6CC[C@@]5(C)[C@]3(C)C[C@H]4O)O[C@H]2C)cc1. The summed E-state index contributed by atoms with van der Waals surface area (Å²) in [5.74, 6) is -4.89. The Kier molecular flexibility index (Phi) is 20.4. The monoisotopic (exact) mass is 1320 g/mol. The zero-order valence-electron chi connectivity index (χ0n) is 54.1. The van der Waals surface area contributed by atoms with Gasteiger partial charge in [0.25, 0.3) is 0 Å². The molecule has 5 aliphatic carbocycles. The number of hydrogen-bond donors (Lipinski definition) is 11. The number of carboxylic acid groups (broad SMARTS) is 1. The van der Waals surface area contributed by atoms with Crippen LogP contribution in [0.4, 0.5) is 0 Å². The van der Waals surface area contributed by atoms with E-state index in [0.29, 0.717) is 49.8 Å². The maximum absolute atomic E-state index is 15.9. The third kappa shape index (κ3) is 12.4. The van der Waals surface area contributed by atoms with Gasteiger partial charge in [-0.15, -0.1) is 0 Å². The molecule has 520 valence electrons. The van der Waals surface area contributed by atoms with Gasteiger partial charge in [-0.3, -0.25) is 9.59 Å². The number of ether oxygens (including phenoxy) is 11. The number of benzene rings is 1. The molecule has 0 amide bonds. The summed E-state index contributed by atoms with van der Waals surface area (Å²) in [4.78, 5) is 69.2. The number of carboxylic acids is 1. The minimum atomic E-state index is -2.10. The van der Waals surface area contributed by atoms with Gasteiger partial charge in [0.15, 0.2) is 43.3 Å². The van der Waals surface area contributed by atoms with Crippen molar-refractivity contribution in [1.29, 1.82) is 0 Å². The van der Waals surface area contributed by atoms with Crippen molar-refractivity contribution in [2.24, 2.45) is 50.2 Å². The molecule has 4 aliphatic heterocycles. The highest BCUT2D eigenvalue weighted by Crippen LogP contribution is 2.76. The number of carbonyl (C=O) groups excluding carboxylic acids is 4.